The lowest BCUT2D eigenvalue weighted by Crippen LogP contribution is -2.24. The minimum Gasteiger partial charge on any atom is -0.284 e. The molecule has 0 atom stereocenters. The number of allylic oxidation sites excluding steroid dienone is 15. The van der Waals surface area contributed by atoms with Crippen LogP contribution in [-0.4, -0.2) is 31.1 Å². The van der Waals surface area contributed by atoms with Crippen molar-refractivity contribution in [1.29, 1.82) is 0 Å². The highest BCUT2D eigenvalue weighted by Gasteiger charge is 2.40. The average molecular weight is 686 g/mol. The fourth-order valence-corrected chi connectivity index (χ4v) is 7.23. The second-order valence-corrected chi connectivity index (χ2v) is 15.8. The van der Waals surface area contributed by atoms with E-state index in [9.17, 15) is 31.1 Å². The summed E-state index contributed by atoms with van der Waals surface area (Å²) in [5.74, 6) is 0. The van der Waals surface area contributed by atoms with Crippen LogP contribution in [0.3, 0.4) is 0 Å². The van der Waals surface area contributed by atoms with Crippen molar-refractivity contribution >= 4 is 31.5 Å². The van der Waals surface area contributed by atoms with Gasteiger partial charge >= 0.3 is 0 Å². The van der Waals surface area contributed by atoms with Gasteiger partial charge in [-0.3, -0.25) is 14.3 Å². The van der Waals surface area contributed by atoms with Crippen molar-refractivity contribution < 1.29 is 31.1 Å². The van der Waals surface area contributed by atoms with Crippen LogP contribution in [-0.2, 0) is 31.1 Å². The van der Waals surface area contributed by atoms with Gasteiger partial charge in [-0.2, -0.15) is 16.8 Å². The number of nitrogens with zero attached hydrogens (tertiary/aromatic N) is 1. The molecule has 2 aromatic rings. The molecule has 0 spiro atoms. The lowest BCUT2D eigenvalue weighted by atomic mass is 9.71. The Bertz CT molecular complexity index is 2150. The Kier molecular flexibility index (Phi) is 9.72. The minimum absolute atomic E-state index is 0.160. The molecule has 250 valence electrons. The molecule has 8 nitrogen and oxygen atoms in total. The molecule has 0 fully saturated rings. The van der Waals surface area contributed by atoms with E-state index in [0.29, 0.717) is 23.4 Å². The number of anilines is 1. The molecular weight excluding hydrogens is 647 g/mol. The Labute approximate surface area is 283 Å². The maximum atomic E-state index is 12.1. The highest BCUT2D eigenvalue weighted by Crippen LogP contribution is 2.47. The maximum absolute atomic E-state index is 12.1. The molecule has 1 aliphatic heterocycles. The molecule has 0 aromatic heterocycles. The molecule has 1 heterocycles. The van der Waals surface area contributed by atoms with Gasteiger partial charge in [0.25, 0.3) is 20.2 Å². The van der Waals surface area contributed by atoms with E-state index >= 15 is 0 Å². The van der Waals surface area contributed by atoms with Crippen molar-refractivity contribution in [3.8, 4) is 0 Å². The van der Waals surface area contributed by atoms with Crippen molar-refractivity contribution in [2.45, 2.75) is 67.6 Å². The summed E-state index contributed by atoms with van der Waals surface area (Å²) in [5.41, 5.74) is 8.38. The summed E-state index contributed by atoms with van der Waals surface area (Å²) in [5, 5.41) is 11.9. The van der Waals surface area contributed by atoms with Gasteiger partial charge in [0.05, 0.1) is 21.2 Å². The Balaban J connectivity index is 1.44. The summed E-state index contributed by atoms with van der Waals surface area (Å²) in [6.45, 7) is 7.68. The highest BCUT2D eigenvalue weighted by molar-refractivity contribution is 7.86. The van der Waals surface area contributed by atoms with Crippen LogP contribution in [0.4, 0.5) is 5.69 Å². The predicted molar refractivity (Wildman–Crippen MR) is 189 cm³/mol. The number of benzene rings is 2. The van der Waals surface area contributed by atoms with Crippen LogP contribution in [0.1, 0.15) is 63.6 Å². The van der Waals surface area contributed by atoms with Crippen LogP contribution in [0.2, 0.25) is 0 Å². The first-order chi connectivity index (χ1) is 22.5. The highest BCUT2D eigenvalue weighted by atomic mass is 32.2. The van der Waals surface area contributed by atoms with E-state index in [1.54, 1.807) is 30.4 Å². The predicted octanol–water partition coefficient (Wildman–Crippen LogP) is 8.34. The minimum atomic E-state index is -4.40. The lowest BCUT2D eigenvalue weighted by molar-refractivity contribution is 0.278. The van der Waals surface area contributed by atoms with Gasteiger partial charge < -0.3 is 0 Å². The van der Waals surface area contributed by atoms with E-state index in [-0.39, 0.29) is 9.79 Å². The molecule has 2 aromatic carbocycles. The van der Waals surface area contributed by atoms with E-state index in [2.05, 4.69) is 17.9 Å². The van der Waals surface area contributed by atoms with Crippen LogP contribution < -0.4 is 5.06 Å². The molecule has 0 saturated heterocycles. The van der Waals surface area contributed by atoms with Gasteiger partial charge in [-0.1, -0.05) is 101 Å². The molecule has 0 radical (unpaired) electrons. The van der Waals surface area contributed by atoms with E-state index in [0.717, 1.165) is 40.2 Å². The van der Waals surface area contributed by atoms with E-state index < -0.39 is 31.1 Å². The summed E-state index contributed by atoms with van der Waals surface area (Å²) in [6, 6.07) is 8.78. The van der Waals surface area contributed by atoms with E-state index in [4.69, 9.17) is 0 Å². The van der Waals surface area contributed by atoms with Gasteiger partial charge in [0.1, 0.15) is 0 Å². The number of hydroxylamine groups is 1. The first-order valence-electron chi connectivity index (χ1n) is 15.5. The zero-order valence-corrected chi connectivity index (χ0v) is 28.9. The van der Waals surface area contributed by atoms with Crippen LogP contribution in [0.5, 0.6) is 0 Å². The third-order valence-electron chi connectivity index (χ3n) is 8.98. The summed E-state index contributed by atoms with van der Waals surface area (Å²) < 4.78 is 66.9. The van der Waals surface area contributed by atoms with Gasteiger partial charge in [0.2, 0.25) is 0 Å². The van der Waals surface area contributed by atoms with Crippen molar-refractivity contribution in [1.82, 2.24) is 0 Å². The SMILES string of the molecule is CC1(C)C(/C=C/C=C/C=C2/N(O)c3ccc(S(=O)(=O)O)cc3C2(C)C)=C=C(CCCC2=C/C=C\C=C/C=C\2)c2ccc(S(=O)(=O)O)cc21. The Morgan fingerprint density at radius 2 is 1.42 bits per heavy atom. The normalized spacial score (nSPS) is 22.4. The average Bonchev–Trinajstić information content (AvgIpc) is 3.18. The summed E-state index contributed by atoms with van der Waals surface area (Å²) in [7, 11) is -8.81. The fourth-order valence-electron chi connectivity index (χ4n) is 6.22. The number of hydrogen-bond donors (Lipinski definition) is 3. The van der Waals surface area contributed by atoms with Gasteiger partial charge in [0.15, 0.2) is 0 Å². The molecule has 3 N–H and O–H groups in total. The fraction of sp³-hybridized carbons (Fsp3) is 0.237. The summed E-state index contributed by atoms with van der Waals surface area (Å²) in [4.78, 5) is -0.403. The van der Waals surface area contributed by atoms with Crippen LogP contribution in [0.15, 0.2) is 142 Å². The lowest BCUT2D eigenvalue weighted by Gasteiger charge is -2.32. The van der Waals surface area contributed by atoms with E-state index in [1.807, 2.05) is 70.2 Å². The molecule has 0 bridgehead atoms. The Morgan fingerprint density at radius 3 is 2.12 bits per heavy atom. The smallest absolute Gasteiger partial charge is 0.284 e. The molecule has 5 rings (SSSR count). The number of rotatable bonds is 9. The maximum Gasteiger partial charge on any atom is 0.294 e. The first-order valence-corrected chi connectivity index (χ1v) is 18.4. The molecule has 10 heteroatoms. The van der Waals surface area contributed by atoms with Crippen molar-refractivity contribution in [3.63, 3.8) is 0 Å². The molecular formula is C38H39NO7S2. The zero-order chi connectivity index (χ0) is 34.9. The van der Waals surface area contributed by atoms with Crippen LogP contribution in [0.25, 0.3) is 5.57 Å². The zero-order valence-electron chi connectivity index (χ0n) is 27.3. The monoisotopic (exact) mass is 685 g/mol. The topological polar surface area (TPSA) is 132 Å². The van der Waals surface area contributed by atoms with Crippen molar-refractivity contribution in [3.05, 3.63) is 149 Å². The Morgan fingerprint density at radius 1 is 0.771 bits per heavy atom. The second kappa shape index (κ2) is 13.3. The molecule has 48 heavy (non-hydrogen) atoms. The van der Waals surface area contributed by atoms with Gasteiger partial charge in [0, 0.05) is 22.0 Å². The van der Waals surface area contributed by atoms with Crippen molar-refractivity contribution in [2.75, 3.05) is 5.06 Å². The largest absolute Gasteiger partial charge is 0.294 e. The van der Waals surface area contributed by atoms with Gasteiger partial charge in [-0.05, 0) is 77.9 Å². The van der Waals surface area contributed by atoms with E-state index in [1.165, 1.54) is 29.8 Å². The molecule has 2 aliphatic carbocycles. The van der Waals surface area contributed by atoms with Gasteiger partial charge in [-0.15, -0.1) is 5.73 Å². The number of fused-ring (bicyclic) bond motifs is 2. The Hall–Kier alpha value is -4.28. The summed E-state index contributed by atoms with van der Waals surface area (Å²) >= 11 is 0. The standard InChI is InChI=1S/C38H39NO7S2/c1-37(2)29(18-11-8-12-19-36-38(3,4)34-26-31(48(44,45)46)21-23-35(34)39(36)40)24-28(17-13-16-27-14-9-6-5-7-10-15-27)32-22-20-30(25-33(32)37)47(41,42)43/h5-12,14-15,18-23,25-26,40H,13,16-17H2,1-4H3,(H,41,42,43)(H,44,45,46)/b6-5-,7-5?,9-6?,10-7-,12-8+,14-9-,15-10?,18-11+,27-14?,27-15+,36-19+. The quantitative estimate of drug-likeness (QED) is 0.136. The third-order valence-corrected chi connectivity index (χ3v) is 10.7. The summed E-state index contributed by atoms with van der Waals surface area (Å²) in [6.07, 6.45) is 25.6. The second-order valence-electron chi connectivity index (χ2n) is 12.9. The first kappa shape index (κ1) is 35.0. The van der Waals surface area contributed by atoms with Gasteiger partial charge in [-0.25, -0.2) is 5.06 Å². The number of hydrogen-bond acceptors (Lipinski definition) is 6. The molecule has 0 saturated carbocycles. The third kappa shape index (κ3) is 7.24. The van der Waals surface area contributed by atoms with Crippen molar-refractivity contribution in [2.24, 2.45) is 0 Å². The molecule has 0 amide bonds. The van der Waals surface area contributed by atoms with Crippen LogP contribution in [0, 0.1) is 0 Å². The molecule has 3 aliphatic rings. The molecule has 0 unspecified atom stereocenters. The van der Waals surface area contributed by atoms with Crippen LogP contribution >= 0.6 is 0 Å².